The maximum atomic E-state index is 8.97. The molecular formula is C15H17N5. The van der Waals surface area contributed by atoms with E-state index in [1.165, 1.54) is 0 Å². The van der Waals surface area contributed by atoms with Crippen LogP contribution >= 0.6 is 0 Å². The number of nitrogens with zero attached hydrogens (tertiary/aromatic N) is 4. The molecule has 0 fully saturated rings. The molecule has 5 nitrogen and oxygen atoms in total. The lowest BCUT2D eigenvalue weighted by Gasteiger charge is -2.19. The van der Waals surface area contributed by atoms with Crippen molar-refractivity contribution in [1.29, 1.82) is 5.26 Å². The van der Waals surface area contributed by atoms with Crippen LogP contribution in [0.25, 0.3) is 0 Å². The van der Waals surface area contributed by atoms with Crippen molar-refractivity contribution in [2.24, 2.45) is 0 Å². The van der Waals surface area contributed by atoms with E-state index in [1.807, 2.05) is 50.2 Å². The first kappa shape index (κ1) is 13.8. The van der Waals surface area contributed by atoms with Gasteiger partial charge in [-0.3, -0.25) is 0 Å². The summed E-state index contributed by atoms with van der Waals surface area (Å²) >= 11 is 0. The van der Waals surface area contributed by atoms with Gasteiger partial charge >= 0.3 is 0 Å². The average molecular weight is 267 g/mol. The smallest absolute Gasteiger partial charge is 0.138 e. The van der Waals surface area contributed by atoms with Crippen molar-refractivity contribution >= 4 is 17.3 Å². The molecule has 0 aliphatic rings. The van der Waals surface area contributed by atoms with Gasteiger partial charge in [0, 0.05) is 32.3 Å². The van der Waals surface area contributed by atoms with E-state index < -0.39 is 0 Å². The number of hydrogen-bond donors (Lipinski definition) is 1. The molecule has 0 aliphatic carbocycles. The predicted molar refractivity (Wildman–Crippen MR) is 80.2 cm³/mol. The highest BCUT2D eigenvalue weighted by molar-refractivity contribution is 5.63. The number of rotatable bonds is 4. The van der Waals surface area contributed by atoms with Crippen LogP contribution in [-0.4, -0.2) is 24.1 Å². The summed E-state index contributed by atoms with van der Waals surface area (Å²) in [5.74, 6) is 2.38. The van der Waals surface area contributed by atoms with Crippen molar-refractivity contribution < 1.29 is 0 Å². The van der Waals surface area contributed by atoms with Gasteiger partial charge in [0.05, 0.1) is 11.6 Å². The second kappa shape index (κ2) is 6.02. The van der Waals surface area contributed by atoms with E-state index in [2.05, 4.69) is 21.4 Å². The molecule has 1 N–H and O–H groups in total. The minimum atomic E-state index is 0.632. The maximum absolute atomic E-state index is 8.97. The third kappa shape index (κ3) is 2.86. The van der Waals surface area contributed by atoms with Gasteiger partial charge in [-0.1, -0.05) is 13.0 Å². The van der Waals surface area contributed by atoms with Gasteiger partial charge < -0.3 is 10.2 Å². The molecule has 0 amide bonds. The molecule has 102 valence electrons. The predicted octanol–water partition coefficient (Wildman–Crippen LogP) is 2.72. The van der Waals surface area contributed by atoms with Crippen LogP contribution in [0.3, 0.4) is 0 Å². The van der Waals surface area contributed by atoms with Crippen LogP contribution in [0.15, 0.2) is 30.3 Å². The van der Waals surface area contributed by atoms with Crippen molar-refractivity contribution in [3.63, 3.8) is 0 Å². The SMILES string of the molecule is CCc1nc(NC)cc(N(C)c2cccc(C#N)c2)n1. The number of nitriles is 1. The highest BCUT2D eigenvalue weighted by Gasteiger charge is 2.09. The Kier molecular flexibility index (Phi) is 4.16. The largest absolute Gasteiger partial charge is 0.373 e. The Morgan fingerprint density at radius 1 is 1.30 bits per heavy atom. The quantitative estimate of drug-likeness (QED) is 0.922. The standard InChI is InChI=1S/C15H17N5/c1-4-13-18-14(17-2)9-15(19-13)20(3)12-7-5-6-11(8-12)10-16/h5-9H,4H2,1-3H3,(H,17,18,19). The Hall–Kier alpha value is -2.61. The van der Waals surface area contributed by atoms with Crippen LogP contribution in [0.5, 0.6) is 0 Å². The Morgan fingerprint density at radius 2 is 2.10 bits per heavy atom. The van der Waals surface area contributed by atoms with Crippen molar-refractivity contribution in [1.82, 2.24) is 9.97 Å². The summed E-state index contributed by atoms with van der Waals surface area (Å²) in [6, 6.07) is 11.5. The average Bonchev–Trinajstić information content (AvgIpc) is 2.53. The molecule has 2 aromatic rings. The van der Waals surface area contributed by atoms with Crippen molar-refractivity contribution in [2.45, 2.75) is 13.3 Å². The van der Waals surface area contributed by atoms with Gasteiger partial charge in [0.15, 0.2) is 0 Å². The fourth-order valence-corrected chi connectivity index (χ4v) is 1.86. The molecule has 0 saturated carbocycles. The van der Waals surface area contributed by atoms with Gasteiger partial charge in [0.25, 0.3) is 0 Å². The first-order valence-electron chi connectivity index (χ1n) is 6.47. The van der Waals surface area contributed by atoms with E-state index in [0.29, 0.717) is 5.56 Å². The van der Waals surface area contributed by atoms with E-state index in [0.717, 1.165) is 29.6 Å². The van der Waals surface area contributed by atoms with Crippen LogP contribution in [0, 0.1) is 11.3 Å². The molecule has 0 atom stereocenters. The first-order chi connectivity index (χ1) is 9.67. The fourth-order valence-electron chi connectivity index (χ4n) is 1.86. The van der Waals surface area contributed by atoms with Crippen LogP contribution in [0.2, 0.25) is 0 Å². The topological polar surface area (TPSA) is 64.8 Å². The normalized spacial score (nSPS) is 9.90. The zero-order valence-electron chi connectivity index (χ0n) is 11.9. The summed E-state index contributed by atoms with van der Waals surface area (Å²) in [5, 5.41) is 12.0. The molecule has 0 aliphatic heterocycles. The van der Waals surface area contributed by atoms with Gasteiger partial charge in [-0.2, -0.15) is 5.26 Å². The number of benzene rings is 1. The van der Waals surface area contributed by atoms with E-state index in [9.17, 15) is 0 Å². The Labute approximate surface area is 118 Å². The van der Waals surface area contributed by atoms with Crippen molar-refractivity contribution in [3.05, 3.63) is 41.7 Å². The molecule has 1 aromatic heterocycles. The Morgan fingerprint density at radius 3 is 2.75 bits per heavy atom. The fraction of sp³-hybridized carbons (Fsp3) is 0.267. The minimum Gasteiger partial charge on any atom is -0.373 e. The van der Waals surface area contributed by atoms with Crippen molar-refractivity contribution in [2.75, 3.05) is 24.3 Å². The highest BCUT2D eigenvalue weighted by atomic mass is 15.2. The summed E-state index contributed by atoms with van der Waals surface area (Å²) in [5.41, 5.74) is 1.56. The summed E-state index contributed by atoms with van der Waals surface area (Å²) in [7, 11) is 3.76. The molecular weight excluding hydrogens is 250 g/mol. The lowest BCUT2D eigenvalue weighted by Crippen LogP contribution is -2.13. The second-order valence-electron chi connectivity index (χ2n) is 4.35. The lowest BCUT2D eigenvalue weighted by molar-refractivity contribution is 0.927. The Bertz CT molecular complexity index is 623. The molecule has 1 heterocycles. The highest BCUT2D eigenvalue weighted by Crippen LogP contribution is 2.24. The maximum Gasteiger partial charge on any atom is 0.138 e. The molecule has 0 bridgehead atoms. The lowest BCUT2D eigenvalue weighted by atomic mass is 10.2. The van der Waals surface area contributed by atoms with Crippen LogP contribution in [-0.2, 0) is 6.42 Å². The van der Waals surface area contributed by atoms with Gasteiger partial charge in [0.1, 0.15) is 17.5 Å². The summed E-state index contributed by atoms with van der Waals surface area (Å²) in [4.78, 5) is 10.8. The number of hydrogen-bond acceptors (Lipinski definition) is 5. The monoisotopic (exact) mass is 267 g/mol. The van der Waals surface area contributed by atoms with Crippen LogP contribution in [0.1, 0.15) is 18.3 Å². The van der Waals surface area contributed by atoms with E-state index in [4.69, 9.17) is 5.26 Å². The van der Waals surface area contributed by atoms with E-state index >= 15 is 0 Å². The van der Waals surface area contributed by atoms with Gasteiger partial charge in [-0.25, -0.2) is 9.97 Å². The van der Waals surface area contributed by atoms with Crippen LogP contribution < -0.4 is 10.2 Å². The van der Waals surface area contributed by atoms with Gasteiger partial charge in [-0.05, 0) is 18.2 Å². The number of aryl methyl sites for hydroxylation is 1. The number of aromatic nitrogens is 2. The molecule has 0 spiro atoms. The third-order valence-electron chi connectivity index (χ3n) is 3.04. The molecule has 20 heavy (non-hydrogen) atoms. The van der Waals surface area contributed by atoms with Crippen molar-refractivity contribution in [3.8, 4) is 6.07 Å². The van der Waals surface area contributed by atoms with E-state index in [1.54, 1.807) is 6.07 Å². The summed E-state index contributed by atoms with van der Waals surface area (Å²) in [6.07, 6.45) is 0.772. The van der Waals surface area contributed by atoms with Crippen LogP contribution in [0.4, 0.5) is 17.3 Å². The zero-order chi connectivity index (χ0) is 14.5. The first-order valence-corrected chi connectivity index (χ1v) is 6.47. The van der Waals surface area contributed by atoms with Gasteiger partial charge in [0.2, 0.25) is 0 Å². The molecule has 0 saturated heterocycles. The second-order valence-corrected chi connectivity index (χ2v) is 4.35. The molecule has 1 aromatic carbocycles. The molecule has 0 radical (unpaired) electrons. The van der Waals surface area contributed by atoms with Gasteiger partial charge in [-0.15, -0.1) is 0 Å². The number of anilines is 3. The molecule has 2 rings (SSSR count). The number of nitrogens with one attached hydrogen (secondary N) is 1. The summed E-state index contributed by atoms with van der Waals surface area (Å²) in [6.45, 7) is 2.02. The third-order valence-corrected chi connectivity index (χ3v) is 3.04. The zero-order valence-corrected chi connectivity index (χ0v) is 11.9. The van der Waals surface area contributed by atoms with E-state index in [-0.39, 0.29) is 0 Å². The molecule has 0 unspecified atom stereocenters. The summed E-state index contributed by atoms with van der Waals surface area (Å²) < 4.78 is 0. The molecule has 5 heteroatoms. The minimum absolute atomic E-state index is 0.632. The Balaban J connectivity index is 2.41.